The molecular formula is C6H8ClF2NO. The maximum Gasteiger partial charge on any atom is 0.316 e. The van der Waals surface area contributed by atoms with Gasteiger partial charge in [-0.1, -0.05) is 0 Å². The van der Waals surface area contributed by atoms with Crippen LogP contribution in [0.15, 0.2) is 0 Å². The number of nitrogens with zero attached hydrogens (tertiary/aromatic N) is 1. The fraction of sp³-hybridized carbons (Fsp3) is 0.833. The summed E-state index contributed by atoms with van der Waals surface area (Å²) in [6.07, 6.45) is -0.286. The lowest BCUT2D eigenvalue weighted by Gasteiger charge is -2.15. The lowest BCUT2D eigenvalue weighted by Crippen LogP contribution is -2.30. The number of likely N-dealkylation sites (tertiary alicyclic amines) is 1. The van der Waals surface area contributed by atoms with Crippen molar-refractivity contribution in [2.24, 2.45) is 0 Å². The Balaban J connectivity index is 2.66. The van der Waals surface area contributed by atoms with E-state index < -0.39 is 23.9 Å². The second-order valence-electron chi connectivity index (χ2n) is 2.79. The Morgan fingerprint density at radius 3 is 2.45 bits per heavy atom. The minimum atomic E-state index is -2.76. The van der Waals surface area contributed by atoms with E-state index in [0.29, 0.717) is 0 Å². The van der Waals surface area contributed by atoms with Crippen LogP contribution in [0.5, 0.6) is 0 Å². The number of carbonyl (C=O) groups excluding carboxylic acids is 1. The molecule has 0 radical (unpaired) electrons. The molecule has 0 aromatic heterocycles. The van der Waals surface area contributed by atoms with Gasteiger partial charge in [0.25, 0.3) is 5.92 Å². The smallest absolute Gasteiger partial charge is 0.316 e. The van der Waals surface area contributed by atoms with Crippen LogP contribution in [-0.4, -0.2) is 28.8 Å². The number of amides is 1. The summed E-state index contributed by atoms with van der Waals surface area (Å²) in [4.78, 5) is 11.5. The second kappa shape index (κ2) is 2.59. The highest BCUT2D eigenvalue weighted by molar-refractivity contribution is 6.62. The van der Waals surface area contributed by atoms with Crippen LogP contribution in [0.4, 0.5) is 13.6 Å². The maximum absolute atomic E-state index is 12.6. The molecular weight excluding hydrogens is 176 g/mol. The van der Waals surface area contributed by atoms with Crippen LogP contribution in [0.25, 0.3) is 0 Å². The van der Waals surface area contributed by atoms with E-state index in [4.69, 9.17) is 11.6 Å². The molecule has 0 aromatic carbocycles. The van der Waals surface area contributed by atoms with Crippen LogP contribution in [0, 0.1) is 0 Å². The summed E-state index contributed by atoms with van der Waals surface area (Å²) in [5.41, 5.74) is 0. The average molecular weight is 184 g/mol. The zero-order valence-corrected chi connectivity index (χ0v) is 6.74. The highest BCUT2D eigenvalue weighted by Crippen LogP contribution is 2.32. The van der Waals surface area contributed by atoms with Gasteiger partial charge in [0.15, 0.2) is 0 Å². The van der Waals surface area contributed by atoms with Gasteiger partial charge < -0.3 is 4.90 Å². The van der Waals surface area contributed by atoms with E-state index in [1.165, 1.54) is 0 Å². The van der Waals surface area contributed by atoms with E-state index >= 15 is 0 Å². The number of alkyl halides is 2. The normalized spacial score (nSPS) is 29.1. The third-order valence-corrected chi connectivity index (χ3v) is 1.97. The topological polar surface area (TPSA) is 20.3 Å². The molecule has 1 fully saturated rings. The molecule has 11 heavy (non-hydrogen) atoms. The highest BCUT2D eigenvalue weighted by Gasteiger charge is 2.44. The first-order valence-electron chi connectivity index (χ1n) is 3.26. The number of hydrogen-bond acceptors (Lipinski definition) is 1. The molecule has 1 rings (SSSR count). The van der Waals surface area contributed by atoms with Gasteiger partial charge in [0.2, 0.25) is 0 Å². The third kappa shape index (κ3) is 1.80. The van der Waals surface area contributed by atoms with Gasteiger partial charge in [-0.05, 0) is 18.5 Å². The fourth-order valence-corrected chi connectivity index (χ4v) is 1.47. The summed E-state index contributed by atoms with van der Waals surface area (Å²) >= 11 is 5.06. The number of rotatable bonds is 0. The Bertz CT molecular complexity index is 185. The van der Waals surface area contributed by atoms with E-state index in [0.717, 1.165) is 4.90 Å². The molecule has 0 saturated carbocycles. The standard InChI is InChI=1S/C6H8ClF2NO/c1-4-2-6(8,9)3-10(4)5(7)11/h4H,2-3H2,1H3/t4-/m0/s1. The zero-order chi connectivity index (χ0) is 8.65. The predicted molar refractivity (Wildman–Crippen MR) is 37.0 cm³/mol. The van der Waals surface area contributed by atoms with Crippen molar-refractivity contribution in [1.82, 2.24) is 4.90 Å². The molecule has 1 atom stereocenters. The molecule has 0 aliphatic carbocycles. The van der Waals surface area contributed by atoms with Crippen molar-refractivity contribution in [2.45, 2.75) is 25.3 Å². The second-order valence-corrected chi connectivity index (χ2v) is 3.11. The van der Waals surface area contributed by atoms with Crippen LogP contribution in [0.1, 0.15) is 13.3 Å². The Morgan fingerprint density at radius 2 is 2.27 bits per heavy atom. The number of carbonyl (C=O) groups is 1. The lowest BCUT2D eigenvalue weighted by atomic mass is 10.2. The van der Waals surface area contributed by atoms with Crippen molar-refractivity contribution >= 4 is 17.0 Å². The minimum absolute atomic E-state index is 0.286. The van der Waals surface area contributed by atoms with E-state index in [-0.39, 0.29) is 6.42 Å². The molecule has 0 unspecified atom stereocenters. The van der Waals surface area contributed by atoms with Crippen molar-refractivity contribution in [3.8, 4) is 0 Å². The fourth-order valence-electron chi connectivity index (χ4n) is 1.25. The number of hydrogen-bond donors (Lipinski definition) is 0. The van der Waals surface area contributed by atoms with Crippen LogP contribution >= 0.6 is 11.6 Å². The van der Waals surface area contributed by atoms with Crippen LogP contribution in [-0.2, 0) is 0 Å². The Morgan fingerprint density at radius 1 is 1.73 bits per heavy atom. The monoisotopic (exact) mass is 183 g/mol. The minimum Gasteiger partial charge on any atom is -0.320 e. The predicted octanol–water partition coefficient (Wildman–Crippen LogP) is 2.07. The summed E-state index contributed by atoms with van der Waals surface area (Å²) in [5.74, 6) is -2.76. The summed E-state index contributed by atoms with van der Waals surface area (Å²) in [6.45, 7) is 1.01. The van der Waals surface area contributed by atoms with E-state index in [9.17, 15) is 13.6 Å². The molecule has 1 amide bonds. The summed E-state index contributed by atoms with van der Waals surface area (Å²) in [5, 5.41) is -0.797. The molecule has 0 N–H and O–H groups in total. The average Bonchev–Trinajstić information content (AvgIpc) is 2.05. The van der Waals surface area contributed by atoms with Gasteiger partial charge in [0.05, 0.1) is 6.54 Å². The van der Waals surface area contributed by atoms with Gasteiger partial charge in [-0.2, -0.15) is 0 Å². The van der Waals surface area contributed by atoms with Gasteiger partial charge >= 0.3 is 5.37 Å². The molecule has 0 aromatic rings. The summed E-state index contributed by atoms with van der Waals surface area (Å²) in [6, 6.07) is -0.449. The maximum atomic E-state index is 12.6. The molecule has 5 heteroatoms. The summed E-state index contributed by atoms with van der Waals surface area (Å²) in [7, 11) is 0. The molecule has 1 saturated heterocycles. The first-order chi connectivity index (χ1) is 4.92. The third-order valence-electron chi connectivity index (χ3n) is 1.75. The van der Waals surface area contributed by atoms with Crippen molar-refractivity contribution < 1.29 is 13.6 Å². The van der Waals surface area contributed by atoms with Gasteiger partial charge in [-0.3, -0.25) is 4.79 Å². The Hall–Kier alpha value is -0.380. The van der Waals surface area contributed by atoms with Crippen molar-refractivity contribution in [1.29, 1.82) is 0 Å². The molecule has 64 valence electrons. The number of halogens is 3. The summed E-state index contributed by atoms with van der Waals surface area (Å²) < 4.78 is 25.1. The largest absolute Gasteiger partial charge is 0.320 e. The van der Waals surface area contributed by atoms with E-state index in [1.54, 1.807) is 6.92 Å². The SMILES string of the molecule is C[C@H]1CC(F)(F)CN1C(=O)Cl. The van der Waals surface area contributed by atoms with Gasteiger partial charge in [0.1, 0.15) is 0 Å². The van der Waals surface area contributed by atoms with E-state index in [1.807, 2.05) is 0 Å². The lowest BCUT2D eigenvalue weighted by molar-refractivity contribution is 0.0156. The molecule has 1 aliphatic rings. The van der Waals surface area contributed by atoms with E-state index in [2.05, 4.69) is 0 Å². The van der Waals surface area contributed by atoms with Crippen molar-refractivity contribution in [3.05, 3.63) is 0 Å². The van der Waals surface area contributed by atoms with Crippen LogP contribution in [0.2, 0.25) is 0 Å². The van der Waals surface area contributed by atoms with Crippen molar-refractivity contribution in [3.63, 3.8) is 0 Å². The van der Waals surface area contributed by atoms with Crippen LogP contribution in [0.3, 0.4) is 0 Å². The molecule has 1 heterocycles. The zero-order valence-electron chi connectivity index (χ0n) is 5.98. The molecule has 2 nitrogen and oxygen atoms in total. The quantitative estimate of drug-likeness (QED) is 0.416. The molecule has 0 bridgehead atoms. The first-order valence-corrected chi connectivity index (χ1v) is 3.64. The molecule has 0 spiro atoms. The van der Waals surface area contributed by atoms with Gasteiger partial charge in [0, 0.05) is 12.5 Å². The van der Waals surface area contributed by atoms with Crippen molar-refractivity contribution in [2.75, 3.05) is 6.54 Å². The Labute approximate surface area is 68.1 Å². The first kappa shape index (κ1) is 8.71. The van der Waals surface area contributed by atoms with Gasteiger partial charge in [-0.25, -0.2) is 8.78 Å². The van der Waals surface area contributed by atoms with Gasteiger partial charge in [-0.15, -0.1) is 0 Å². The Kier molecular flexibility index (Phi) is 2.05. The molecule has 1 aliphatic heterocycles. The highest BCUT2D eigenvalue weighted by atomic mass is 35.5. The van der Waals surface area contributed by atoms with Crippen LogP contribution < -0.4 is 0 Å².